The minimum absolute atomic E-state index is 0.186. The number of carbonyl (C=O) groups is 1. The number of hydrogen-bond acceptors (Lipinski definition) is 4. The van der Waals surface area contributed by atoms with Crippen LogP contribution in [0, 0.1) is 12.3 Å². The zero-order valence-corrected chi connectivity index (χ0v) is 11.1. The third-order valence-corrected chi connectivity index (χ3v) is 3.44. The van der Waals surface area contributed by atoms with Gasteiger partial charge in [-0.25, -0.2) is 0 Å². The van der Waals surface area contributed by atoms with Gasteiger partial charge < -0.3 is 14.4 Å². The molecule has 0 spiro atoms. The molecule has 1 fully saturated rings. The van der Waals surface area contributed by atoms with E-state index in [2.05, 4.69) is 24.0 Å². The van der Waals surface area contributed by atoms with Crippen molar-refractivity contribution in [1.29, 1.82) is 0 Å². The molecule has 18 heavy (non-hydrogen) atoms. The first-order valence-electron chi connectivity index (χ1n) is 6.02. The van der Waals surface area contributed by atoms with E-state index in [0.29, 0.717) is 19.8 Å². The number of rotatable bonds is 4. The van der Waals surface area contributed by atoms with Crippen LogP contribution in [0.5, 0.6) is 0 Å². The van der Waals surface area contributed by atoms with Crippen molar-refractivity contribution in [3.05, 3.63) is 29.8 Å². The highest BCUT2D eigenvalue weighted by atomic mass is 16.5. The Balaban J connectivity index is 2.13. The number of aryl methyl sites for hydroxylation is 1. The van der Waals surface area contributed by atoms with Gasteiger partial charge in [-0.1, -0.05) is 18.2 Å². The van der Waals surface area contributed by atoms with Crippen LogP contribution in [0.1, 0.15) is 5.56 Å². The number of nitrogens with zero attached hydrogens (tertiary/aromatic N) is 1. The van der Waals surface area contributed by atoms with Crippen LogP contribution in [-0.4, -0.2) is 39.9 Å². The normalized spacial score (nSPS) is 16.8. The van der Waals surface area contributed by atoms with Crippen molar-refractivity contribution in [3.63, 3.8) is 0 Å². The molecule has 0 saturated carbocycles. The number of anilines is 1. The van der Waals surface area contributed by atoms with Crippen LogP contribution >= 0.6 is 0 Å². The van der Waals surface area contributed by atoms with Crippen LogP contribution in [0.2, 0.25) is 0 Å². The summed E-state index contributed by atoms with van der Waals surface area (Å²) in [7, 11) is 3.42. The van der Waals surface area contributed by atoms with Gasteiger partial charge in [-0.05, 0) is 18.6 Å². The molecule has 0 radical (unpaired) electrons. The highest BCUT2D eigenvalue weighted by Crippen LogP contribution is 2.32. The van der Waals surface area contributed by atoms with E-state index >= 15 is 0 Å². The van der Waals surface area contributed by atoms with Gasteiger partial charge in [0.1, 0.15) is 5.41 Å². The summed E-state index contributed by atoms with van der Waals surface area (Å²) in [6, 6.07) is 8.13. The Morgan fingerprint density at radius 2 is 2.11 bits per heavy atom. The maximum absolute atomic E-state index is 11.8. The second-order valence-corrected chi connectivity index (χ2v) is 4.91. The summed E-state index contributed by atoms with van der Waals surface area (Å²) >= 11 is 0. The fourth-order valence-electron chi connectivity index (χ4n) is 2.37. The highest BCUT2D eigenvalue weighted by molar-refractivity contribution is 5.79. The lowest BCUT2D eigenvalue weighted by atomic mass is 9.85. The van der Waals surface area contributed by atoms with Gasteiger partial charge in [-0.15, -0.1) is 0 Å². The third-order valence-electron chi connectivity index (χ3n) is 3.44. The number of hydrogen-bond donors (Lipinski definition) is 0. The summed E-state index contributed by atoms with van der Waals surface area (Å²) in [5.41, 5.74) is 1.82. The summed E-state index contributed by atoms with van der Waals surface area (Å²) in [6.45, 7) is 3.56. The van der Waals surface area contributed by atoms with Gasteiger partial charge in [0.25, 0.3) is 0 Å². The standard InChI is InChI=1S/C14H19NO3/c1-11-6-4-5-7-12(11)15(2)8-14(9-18-10-14)13(16)17-3/h4-7H,8-10H2,1-3H3. The van der Waals surface area contributed by atoms with E-state index in [-0.39, 0.29) is 5.97 Å². The molecule has 4 nitrogen and oxygen atoms in total. The van der Waals surface area contributed by atoms with Gasteiger partial charge in [0.2, 0.25) is 0 Å². The molecule has 98 valence electrons. The van der Waals surface area contributed by atoms with Crippen molar-refractivity contribution in [1.82, 2.24) is 0 Å². The van der Waals surface area contributed by atoms with Crippen LogP contribution < -0.4 is 4.90 Å². The Morgan fingerprint density at radius 1 is 1.44 bits per heavy atom. The first-order valence-corrected chi connectivity index (χ1v) is 6.02. The van der Waals surface area contributed by atoms with Crippen LogP contribution in [0.15, 0.2) is 24.3 Å². The smallest absolute Gasteiger partial charge is 0.318 e. The molecular weight excluding hydrogens is 230 g/mol. The maximum atomic E-state index is 11.8. The highest BCUT2D eigenvalue weighted by Gasteiger charge is 2.48. The topological polar surface area (TPSA) is 38.8 Å². The molecule has 1 aromatic carbocycles. The first-order chi connectivity index (χ1) is 8.59. The second kappa shape index (κ2) is 4.98. The molecule has 2 rings (SSSR count). The fourth-order valence-corrected chi connectivity index (χ4v) is 2.37. The van der Waals surface area contributed by atoms with Crippen molar-refractivity contribution >= 4 is 11.7 Å². The molecule has 0 N–H and O–H groups in total. The number of carbonyl (C=O) groups excluding carboxylic acids is 1. The average molecular weight is 249 g/mol. The quantitative estimate of drug-likeness (QED) is 0.760. The first kappa shape index (κ1) is 12.9. The molecule has 0 atom stereocenters. The number of methoxy groups -OCH3 is 1. The Hall–Kier alpha value is -1.55. The van der Waals surface area contributed by atoms with Crippen LogP contribution in [0.3, 0.4) is 0 Å². The maximum Gasteiger partial charge on any atom is 0.318 e. The van der Waals surface area contributed by atoms with Crippen molar-refractivity contribution < 1.29 is 14.3 Å². The van der Waals surface area contributed by atoms with Gasteiger partial charge in [-0.3, -0.25) is 4.79 Å². The van der Waals surface area contributed by atoms with E-state index < -0.39 is 5.41 Å². The second-order valence-electron chi connectivity index (χ2n) is 4.91. The van der Waals surface area contributed by atoms with Crippen LogP contribution in [0.4, 0.5) is 5.69 Å². The van der Waals surface area contributed by atoms with Gasteiger partial charge in [0.05, 0.1) is 20.3 Å². The predicted octanol–water partition coefficient (Wildman–Crippen LogP) is 1.62. The molecule has 0 aliphatic carbocycles. The summed E-state index contributed by atoms with van der Waals surface area (Å²) < 4.78 is 10.1. The lowest BCUT2D eigenvalue weighted by Gasteiger charge is -2.41. The molecular formula is C14H19NO3. The van der Waals surface area contributed by atoms with Crippen molar-refractivity contribution in [2.75, 3.05) is 38.8 Å². The molecule has 0 bridgehead atoms. The Kier molecular flexibility index (Phi) is 3.57. The molecule has 4 heteroatoms. The van der Waals surface area contributed by atoms with Crippen LogP contribution in [0.25, 0.3) is 0 Å². The Morgan fingerprint density at radius 3 is 2.61 bits per heavy atom. The molecule has 1 heterocycles. The molecule has 0 aromatic heterocycles. The zero-order chi connectivity index (χ0) is 13.2. The van der Waals surface area contributed by atoms with E-state index in [0.717, 1.165) is 5.69 Å². The molecule has 1 saturated heterocycles. The fraction of sp³-hybridized carbons (Fsp3) is 0.500. The van der Waals surface area contributed by atoms with Gasteiger partial charge in [0, 0.05) is 19.3 Å². The SMILES string of the molecule is COC(=O)C1(CN(C)c2ccccc2C)COC1. The third kappa shape index (κ3) is 2.20. The summed E-state index contributed by atoms with van der Waals surface area (Å²) in [5.74, 6) is -0.186. The van der Waals surface area contributed by atoms with Crippen molar-refractivity contribution in [2.24, 2.45) is 5.41 Å². The minimum Gasteiger partial charge on any atom is -0.468 e. The molecule has 1 aromatic rings. The average Bonchev–Trinajstić information content (AvgIpc) is 2.33. The van der Waals surface area contributed by atoms with E-state index in [1.54, 1.807) is 0 Å². The zero-order valence-electron chi connectivity index (χ0n) is 11.1. The lowest BCUT2D eigenvalue weighted by molar-refractivity contribution is -0.180. The number of esters is 1. The van der Waals surface area contributed by atoms with E-state index in [1.165, 1.54) is 12.7 Å². The van der Waals surface area contributed by atoms with Crippen molar-refractivity contribution in [3.8, 4) is 0 Å². The largest absolute Gasteiger partial charge is 0.468 e. The molecule has 0 amide bonds. The molecule has 1 aliphatic rings. The van der Waals surface area contributed by atoms with Gasteiger partial charge in [-0.2, -0.15) is 0 Å². The summed E-state index contributed by atoms with van der Waals surface area (Å²) in [6.07, 6.45) is 0. The molecule has 0 unspecified atom stereocenters. The minimum atomic E-state index is -0.508. The number of benzene rings is 1. The predicted molar refractivity (Wildman–Crippen MR) is 69.7 cm³/mol. The van der Waals surface area contributed by atoms with Gasteiger partial charge >= 0.3 is 5.97 Å². The van der Waals surface area contributed by atoms with E-state index in [4.69, 9.17) is 9.47 Å². The van der Waals surface area contributed by atoms with Crippen molar-refractivity contribution in [2.45, 2.75) is 6.92 Å². The van der Waals surface area contributed by atoms with E-state index in [1.807, 2.05) is 19.2 Å². The Bertz CT molecular complexity index is 440. The van der Waals surface area contributed by atoms with Gasteiger partial charge in [0.15, 0.2) is 0 Å². The number of ether oxygens (including phenoxy) is 2. The monoisotopic (exact) mass is 249 g/mol. The lowest BCUT2D eigenvalue weighted by Crippen LogP contribution is -2.56. The van der Waals surface area contributed by atoms with Crippen LogP contribution in [-0.2, 0) is 14.3 Å². The summed E-state index contributed by atoms with van der Waals surface area (Å²) in [5, 5.41) is 0. The Labute approximate surface area is 107 Å². The van der Waals surface area contributed by atoms with E-state index in [9.17, 15) is 4.79 Å². The summed E-state index contributed by atoms with van der Waals surface area (Å²) in [4.78, 5) is 13.9. The molecule has 1 aliphatic heterocycles. The number of para-hydroxylation sites is 1.